The standard InChI is InChI=1S/C34H33FN6O6/c1-39-33(43)31(38-41(34(39)44)23-9-4-3-5-10-23)32(42)37-22-11-12-28(25(35)19-22)47-27-13-14-36-26-21-30(29(45-2)20-24(26)27)46-18-8-17-40-15-6-7-16-40/h3-5,9-14,19-21H,6-8,15-18H2,1-2H3,(H,37,42). The molecule has 6 rings (SSSR count). The van der Waals surface area contributed by atoms with E-state index in [9.17, 15) is 14.4 Å². The predicted octanol–water partition coefficient (Wildman–Crippen LogP) is 4.54. The third-order valence-corrected chi connectivity index (χ3v) is 7.86. The quantitative estimate of drug-likeness (QED) is 0.207. The van der Waals surface area contributed by atoms with Crippen LogP contribution in [-0.2, 0) is 7.05 Å². The second-order valence-corrected chi connectivity index (χ2v) is 11.0. The van der Waals surface area contributed by atoms with Crippen LogP contribution < -0.4 is 30.8 Å². The number of hydrogen-bond donors (Lipinski definition) is 1. The van der Waals surface area contributed by atoms with E-state index >= 15 is 4.39 Å². The van der Waals surface area contributed by atoms with Gasteiger partial charge in [-0.15, -0.1) is 0 Å². The van der Waals surface area contributed by atoms with E-state index in [4.69, 9.17) is 14.2 Å². The van der Waals surface area contributed by atoms with Crippen LogP contribution in [-0.4, -0.2) is 63.5 Å². The highest BCUT2D eigenvalue weighted by molar-refractivity contribution is 6.02. The molecule has 47 heavy (non-hydrogen) atoms. The number of anilines is 1. The molecular weight excluding hydrogens is 607 g/mol. The van der Waals surface area contributed by atoms with Gasteiger partial charge in [-0.25, -0.2) is 9.18 Å². The fourth-order valence-electron chi connectivity index (χ4n) is 5.39. The molecule has 0 unspecified atom stereocenters. The molecule has 0 saturated carbocycles. The second kappa shape index (κ2) is 13.8. The lowest BCUT2D eigenvalue weighted by Crippen LogP contribution is -2.43. The molecule has 13 heteroatoms. The third kappa shape index (κ3) is 6.84. The van der Waals surface area contributed by atoms with Crippen LogP contribution in [0.4, 0.5) is 10.1 Å². The highest BCUT2D eigenvalue weighted by Gasteiger charge is 2.20. The highest BCUT2D eigenvalue weighted by Crippen LogP contribution is 2.38. The van der Waals surface area contributed by atoms with E-state index in [0.717, 1.165) is 41.4 Å². The van der Waals surface area contributed by atoms with Crippen LogP contribution in [0.1, 0.15) is 29.8 Å². The number of hydrogen-bond acceptors (Lipinski definition) is 9. The minimum atomic E-state index is -0.912. The Hall–Kier alpha value is -5.56. The van der Waals surface area contributed by atoms with Gasteiger partial charge in [-0.3, -0.25) is 19.1 Å². The molecular formula is C34H33FN6O6. The fourth-order valence-corrected chi connectivity index (χ4v) is 5.39. The number of carbonyl (C=O) groups excluding carboxylic acids is 1. The molecule has 1 N–H and O–H groups in total. The first-order chi connectivity index (χ1) is 22.8. The number of aromatic nitrogens is 4. The third-order valence-electron chi connectivity index (χ3n) is 7.86. The van der Waals surface area contributed by atoms with E-state index in [2.05, 4.69) is 20.3 Å². The Bertz CT molecular complexity index is 2040. The summed E-state index contributed by atoms with van der Waals surface area (Å²) in [7, 11) is 2.79. The zero-order chi connectivity index (χ0) is 32.9. The molecule has 1 aliphatic heterocycles. The zero-order valence-corrected chi connectivity index (χ0v) is 25.9. The molecule has 12 nitrogen and oxygen atoms in total. The average Bonchev–Trinajstić information content (AvgIpc) is 3.61. The maximum atomic E-state index is 15.3. The summed E-state index contributed by atoms with van der Waals surface area (Å²) >= 11 is 0. The van der Waals surface area contributed by atoms with Gasteiger partial charge in [-0.1, -0.05) is 18.2 Å². The van der Waals surface area contributed by atoms with Crippen molar-refractivity contribution in [2.45, 2.75) is 19.3 Å². The van der Waals surface area contributed by atoms with Gasteiger partial charge in [-0.05, 0) is 68.8 Å². The number of para-hydroxylation sites is 1. The number of carbonyl (C=O) groups is 1. The Morgan fingerprint density at radius 1 is 0.957 bits per heavy atom. The van der Waals surface area contributed by atoms with Gasteiger partial charge in [0.05, 0.1) is 24.9 Å². The Morgan fingerprint density at radius 3 is 2.49 bits per heavy atom. The molecule has 242 valence electrons. The lowest BCUT2D eigenvalue weighted by Gasteiger charge is -2.16. The number of rotatable bonds is 11. The van der Waals surface area contributed by atoms with Crippen molar-refractivity contribution in [2.75, 3.05) is 38.7 Å². The number of ether oxygens (including phenoxy) is 3. The number of likely N-dealkylation sites (tertiary alicyclic amines) is 1. The number of nitrogens with zero attached hydrogens (tertiary/aromatic N) is 5. The molecule has 0 radical (unpaired) electrons. The van der Waals surface area contributed by atoms with Crippen molar-refractivity contribution in [3.63, 3.8) is 0 Å². The number of fused-ring (bicyclic) bond motifs is 1. The topological polar surface area (TPSA) is 130 Å². The van der Waals surface area contributed by atoms with Crippen LogP contribution in [0.5, 0.6) is 23.0 Å². The van der Waals surface area contributed by atoms with Crippen molar-refractivity contribution < 1.29 is 23.4 Å². The van der Waals surface area contributed by atoms with Crippen molar-refractivity contribution in [2.24, 2.45) is 7.05 Å². The molecule has 3 aromatic carbocycles. The van der Waals surface area contributed by atoms with Crippen molar-refractivity contribution in [3.05, 3.63) is 105 Å². The van der Waals surface area contributed by atoms with Crippen LogP contribution in [0.2, 0.25) is 0 Å². The largest absolute Gasteiger partial charge is 0.493 e. The molecule has 0 aliphatic carbocycles. The van der Waals surface area contributed by atoms with E-state index in [0.29, 0.717) is 40.4 Å². The van der Waals surface area contributed by atoms with E-state index in [1.54, 1.807) is 61.8 Å². The van der Waals surface area contributed by atoms with E-state index in [1.165, 1.54) is 32.0 Å². The first-order valence-electron chi connectivity index (χ1n) is 15.2. The van der Waals surface area contributed by atoms with Gasteiger partial charge in [0, 0.05) is 43.0 Å². The minimum absolute atomic E-state index is 0.0499. The van der Waals surface area contributed by atoms with Gasteiger partial charge < -0.3 is 24.4 Å². The van der Waals surface area contributed by atoms with Crippen molar-refractivity contribution >= 4 is 22.5 Å². The normalized spacial score (nSPS) is 13.1. The highest BCUT2D eigenvalue weighted by atomic mass is 19.1. The summed E-state index contributed by atoms with van der Waals surface area (Å²) in [6, 6.07) is 17.3. The van der Waals surface area contributed by atoms with Gasteiger partial charge >= 0.3 is 5.69 Å². The number of benzene rings is 3. The zero-order valence-electron chi connectivity index (χ0n) is 25.9. The molecule has 1 amide bonds. The average molecular weight is 641 g/mol. The minimum Gasteiger partial charge on any atom is -0.493 e. The number of pyridine rings is 1. The maximum Gasteiger partial charge on any atom is 0.351 e. The predicted molar refractivity (Wildman–Crippen MR) is 174 cm³/mol. The van der Waals surface area contributed by atoms with E-state index < -0.39 is 28.7 Å². The van der Waals surface area contributed by atoms with Crippen molar-refractivity contribution in [3.8, 4) is 28.7 Å². The van der Waals surface area contributed by atoms with Crippen LogP contribution in [0.15, 0.2) is 82.5 Å². The monoisotopic (exact) mass is 640 g/mol. The van der Waals surface area contributed by atoms with Gasteiger partial charge in [-0.2, -0.15) is 9.78 Å². The molecule has 1 fully saturated rings. The van der Waals surface area contributed by atoms with E-state index in [1.807, 2.05) is 0 Å². The van der Waals surface area contributed by atoms with Gasteiger partial charge in [0.2, 0.25) is 5.69 Å². The lowest BCUT2D eigenvalue weighted by atomic mass is 10.1. The van der Waals surface area contributed by atoms with Crippen molar-refractivity contribution in [1.29, 1.82) is 0 Å². The van der Waals surface area contributed by atoms with Crippen LogP contribution in [0.25, 0.3) is 16.6 Å². The van der Waals surface area contributed by atoms with E-state index in [-0.39, 0.29) is 11.4 Å². The first-order valence-corrected chi connectivity index (χ1v) is 15.2. The number of nitrogens with one attached hydrogen (secondary N) is 1. The smallest absolute Gasteiger partial charge is 0.351 e. The molecule has 0 bridgehead atoms. The second-order valence-electron chi connectivity index (χ2n) is 11.0. The summed E-state index contributed by atoms with van der Waals surface area (Å²) in [5.74, 6) is -0.407. The van der Waals surface area contributed by atoms with Gasteiger partial charge in [0.25, 0.3) is 11.5 Å². The SMILES string of the molecule is COc1cc2c(Oc3ccc(NC(=O)c4nn(-c5ccccc5)c(=O)n(C)c4=O)cc3F)ccnc2cc1OCCCN1CCCC1. The van der Waals surface area contributed by atoms with Gasteiger partial charge in [0.15, 0.2) is 23.1 Å². The first kappa shape index (κ1) is 31.4. The number of amides is 1. The summed E-state index contributed by atoms with van der Waals surface area (Å²) < 4.78 is 34.6. The summed E-state index contributed by atoms with van der Waals surface area (Å²) in [6.07, 6.45) is 4.93. The summed E-state index contributed by atoms with van der Waals surface area (Å²) in [5, 5.41) is 7.05. The Balaban J connectivity index is 1.18. The molecule has 1 aliphatic rings. The molecule has 1 saturated heterocycles. The van der Waals surface area contributed by atoms with Crippen LogP contribution in [0, 0.1) is 5.82 Å². The Labute approximate surface area is 268 Å². The molecule has 5 aromatic rings. The summed E-state index contributed by atoms with van der Waals surface area (Å²) in [6.45, 7) is 3.79. The number of methoxy groups -OCH3 is 1. The molecule has 0 spiro atoms. The van der Waals surface area contributed by atoms with Crippen LogP contribution >= 0.6 is 0 Å². The Morgan fingerprint density at radius 2 is 1.74 bits per heavy atom. The Kier molecular flexibility index (Phi) is 9.25. The van der Waals surface area contributed by atoms with Crippen LogP contribution in [0.3, 0.4) is 0 Å². The molecule has 3 heterocycles. The lowest BCUT2D eigenvalue weighted by molar-refractivity contribution is 0.101. The molecule has 0 atom stereocenters. The fraction of sp³-hybridized carbons (Fsp3) is 0.265. The summed E-state index contributed by atoms with van der Waals surface area (Å²) in [4.78, 5) is 45.3. The maximum absolute atomic E-state index is 15.3. The number of halogens is 1. The van der Waals surface area contributed by atoms with Gasteiger partial charge in [0.1, 0.15) is 5.75 Å². The summed E-state index contributed by atoms with van der Waals surface area (Å²) in [5.41, 5.74) is -1.16. The van der Waals surface area contributed by atoms with Crippen molar-refractivity contribution in [1.82, 2.24) is 24.2 Å². The molecule has 2 aromatic heterocycles.